The molecular formula is C32H35ClF2N4O5S2. The van der Waals surface area contributed by atoms with E-state index in [1.54, 1.807) is 36.2 Å². The maximum Gasteiger partial charge on any atom is 0.315 e. The number of amides is 3. The number of nitrogens with zero attached hydrogens (tertiary/aromatic N) is 2. The number of hydrogen-bond acceptors (Lipinski definition) is 6. The maximum absolute atomic E-state index is 15.0. The highest BCUT2D eigenvalue weighted by Crippen LogP contribution is 2.34. The van der Waals surface area contributed by atoms with Crippen molar-refractivity contribution in [1.82, 2.24) is 15.5 Å². The van der Waals surface area contributed by atoms with Gasteiger partial charge < -0.3 is 20.3 Å². The van der Waals surface area contributed by atoms with E-state index >= 15 is 0 Å². The van der Waals surface area contributed by atoms with E-state index in [1.807, 2.05) is 11.8 Å². The van der Waals surface area contributed by atoms with Crippen molar-refractivity contribution in [2.75, 3.05) is 30.3 Å². The van der Waals surface area contributed by atoms with Crippen molar-refractivity contribution < 1.29 is 31.5 Å². The van der Waals surface area contributed by atoms with Gasteiger partial charge in [0.25, 0.3) is 10.0 Å². The van der Waals surface area contributed by atoms with E-state index in [4.69, 9.17) is 16.3 Å². The number of para-hydroxylation sites is 1. The van der Waals surface area contributed by atoms with Gasteiger partial charge in [0.15, 0.2) is 0 Å². The molecule has 3 atom stereocenters. The van der Waals surface area contributed by atoms with Crippen LogP contribution < -0.4 is 19.7 Å². The van der Waals surface area contributed by atoms with Gasteiger partial charge in [0.1, 0.15) is 17.4 Å². The predicted octanol–water partition coefficient (Wildman–Crippen LogP) is 5.58. The Hall–Kier alpha value is -3.55. The number of anilines is 1. The van der Waals surface area contributed by atoms with Crippen molar-refractivity contribution in [3.05, 3.63) is 89.0 Å². The summed E-state index contributed by atoms with van der Waals surface area (Å²) in [6, 6.07) is 15.0. The lowest BCUT2D eigenvalue weighted by atomic mass is 10.0. The Balaban J connectivity index is 1.18. The molecule has 5 rings (SSSR count). The molecule has 0 saturated carbocycles. The van der Waals surface area contributed by atoms with Crippen molar-refractivity contribution in [3.63, 3.8) is 0 Å². The molecule has 0 bridgehead atoms. The molecule has 3 unspecified atom stereocenters. The quantitative estimate of drug-likeness (QED) is 0.169. The first kappa shape index (κ1) is 33.8. The Bertz CT molecular complexity index is 1660. The number of nitrogens with one attached hydrogen (secondary N) is 2. The summed E-state index contributed by atoms with van der Waals surface area (Å²) in [5.41, 5.74) is -0.00491. The third-order valence-electron chi connectivity index (χ3n) is 8.00. The Morgan fingerprint density at radius 3 is 2.61 bits per heavy atom. The van der Waals surface area contributed by atoms with Crippen molar-refractivity contribution in [1.29, 1.82) is 0 Å². The standard InChI is InChI=1S/C32H35ClF2N4O5S2/c1-38(30(40)9-4-8-29-31-26(20-45-29)36-32(41)37-31)16-5-17-44-28-7-3-2-6-21(28)19-39(27-18-23(34)12-15-25(27)35)46(42,43)24-13-10-22(33)11-14-24/h2-3,6-7,10-15,18,26,29,31H,4-5,8-9,16-17,19-20H2,1H3,(H2,36,37,41). The lowest BCUT2D eigenvalue weighted by Gasteiger charge is -2.26. The number of carbonyl (C=O) groups excluding carboxylic acids is 2. The number of halogens is 3. The zero-order valence-corrected chi connectivity index (χ0v) is 27.5. The fourth-order valence-corrected chi connectivity index (χ4v) is 8.65. The molecule has 0 aliphatic carbocycles. The van der Waals surface area contributed by atoms with Crippen molar-refractivity contribution in [2.45, 2.75) is 54.5 Å². The van der Waals surface area contributed by atoms with Crippen LogP contribution >= 0.6 is 23.4 Å². The number of benzene rings is 3. The summed E-state index contributed by atoms with van der Waals surface area (Å²) in [7, 11) is -2.60. The molecule has 2 aliphatic rings. The van der Waals surface area contributed by atoms with Gasteiger partial charge in [-0.3, -0.25) is 9.10 Å². The van der Waals surface area contributed by atoms with E-state index in [1.165, 1.54) is 24.3 Å². The second-order valence-electron chi connectivity index (χ2n) is 11.2. The Labute approximate surface area is 276 Å². The smallest absolute Gasteiger partial charge is 0.315 e. The monoisotopic (exact) mass is 692 g/mol. The van der Waals surface area contributed by atoms with Crippen LogP contribution in [-0.2, 0) is 21.4 Å². The number of sulfonamides is 1. The topological polar surface area (TPSA) is 108 Å². The number of thioether (sulfide) groups is 1. The van der Waals surface area contributed by atoms with Gasteiger partial charge in [0.2, 0.25) is 5.91 Å². The summed E-state index contributed by atoms with van der Waals surface area (Å²) in [4.78, 5) is 25.8. The van der Waals surface area contributed by atoms with E-state index in [0.29, 0.717) is 41.0 Å². The molecule has 2 saturated heterocycles. The average Bonchev–Trinajstić information content (AvgIpc) is 3.59. The lowest BCUT2D eigenvalue weighted by molar-refractivity contribution is -0.130. The molecule has 3 amide bonds. The molecule has 46 heavy (non-hydrogen) atoms. The summed E-state index contributed by atoms with van der Waals surface area (Å²) in [5, 5.41) is 6.52. The molecule has 2 aliphatic heterocycles. The molecular weight excluding hydrogens is 658 g/mol. The summed E-state index contributed by atoms with van der Waals surface area (Å²) in [6.45, 7) is 0.358. The number of rotatable bonds is 14. The Kier molecular flexibility index (Phi) is 11.0. The van der Waals surface area contributed by atoms with E-state index in [0.717, 1.165) is 41.1 Å². The third-order valence-corrected chi connectivity index (χ3v) is 11.5. The van der Waals surface area contributed by atoms with Crippen LogP contribution in [0.25, 0.3) is 0 Å². The molecule has 3 aromatic carbocycles. The van der Waals surface area contributed by atoms with E-state index < -0.39 is 27.3 Å². The van der Waals surface area contributed by atoms with Gasteiger partial charge in [-0.2, -0.15) is 11.8 Å². The summed E-state index contributed by atoms with van der Waals surface area (Å²) in [5.74, 6) is -0.414. The van der Waals surface area contributed by atoms with E-state index in [-0.39, 0.29) is 42.1 Å². The zero-order chi connectivity index (χ0) is 32.8. The van der Waals surface area contributed by atoms with Crippen LogP contribution in [0.1, 0.15) is 31.2 Å². The zero-order valence-electron chi connectivity index (χ0n) is 25.1. The molecule has 2 fully saturated rings. The fourth-order valence-electron chi connectivity index (χ4n) is 5.54. The van der Waals surface area contributed by atoms with Crippen LogP contribution in [0.2, 0.25) is 5.02 Å². The number of urea groups is 1. The normalized spacial score (nSPS) is 18.9. The fraction of sp³-hybridized carbons (Fsp3) is 0.375. The minimum Gasteiger partial charge on any atom is -0.493 e. The van der Waals surface area contributed by atoms with Gasteiger partial charge in [0.05, 0.1) is 35.8 Å². The van der Waals surface area contributed by atoms with Crippen LogP contribution in [0.3, 0.4) is 0 Å². The van der Waals surface area contributed by atoms with Crippen LogP contribution in [-0.4, -0.2) is 68.5 Å². The van der Waals surface area contributed by atoms with Gasteiger partial charge in [-0.25, -0.2) is 22.0 Å². The first-order valence-electron chi connectivity index (χ1n) is 14.9. The van der Waals surface area contributed by atoms with Gasteiger partial charge in [-0.15, -0.1) is 0 Å². The van der Waals surface area contributed by atoms with Gasteiger partial charge in [-0.1, -0.05) is 29.8 Å². The summed E-state index contributed by atoms with van der Waals surface area (Å²) >= 11 is 7.77. The molecule has 0 aromatic heterocycles. The molecule has 3 aromatic rings. The van der Waals surface area contributed by atoms with Crippen molar-refractivity contribution >= 4 is 51.0 Å². The van der Waals surface area contributed by atoms with Crippen LogP contribution in [0, 0.1) is 11.6 Å². The third kappa shape index (κ3) is 8.05. The molecule has 2 N–H and O–H groups in total. The van der Waals surface area contributed by atoms with Gasteiger partial charge in [0, 0.05) is 47.7 Å². The predicted molar refractivity (Wildman–Crippen MR) is 175 cm³/mol. The second kappa shape index (κ2) is 14.9. The van der Waals surface area contributed by atoms with Crippen LogP contribution in [0.15, 0.2) is 71.6 Å². The highest BCUT2D eigenvalue weighted by atomic mass is 35.5. The maximum atomic E-state index is 15.0. The first-order chi connectivity index (χ1) is 22.0. The van der Waals surface area contributed by atoms with E-state index in [9.17, 15) is 26.8 Å². The minimum atomic E-state index is -4.35. The summed E-state index contributed by atoms with van der Waals surface area (Å²) in [6.07, 6.45) is 2.50. The highest BCUT2D eigenvalue weighted by molar-refractivity contribution is 8.00. The molecule has 0 radical (unpaired) electrons. The number of fused-ring (bicyclic) bond motifs is 1. The van der Waals surface area contributed by atoms with E-state index in [2.05, 4.69) is 10.6 Å². The molecule has 2 heterocycles. The van der Waals surface area contributed by atoms with Crippen LogP contribution in [0.5, 0.6) is 5.75 Å². The lowest BCUT2D eigenvalue weighted by Crippen LogP contribution is -2.37. The minimum absolute atomic E-state index is 0.0219. The average molecular weight is 693 g/mol. The number of ether oxygens (including phenoxy) is 1. The number of hydrogen-bond donors (Lipinski definition) is 2. The summed E-state index contributed by atoms with van der Waals surface area (Å²) < 4.78 is 63.5. The van der Waals surface area contributed by atoms with Crippen molar-refractivity contribution in [2.24, 2.45) is 0 Å². The highest BCUT2D eigenvalue weighted by Gasteiger charge is 2.42. The van der Waals surface area contributed by atoms with Gasteiger partial charge >= 0.3 is 6.03 Å². The number of carbonyl (C=O) groups is 2. The van der Waals surface area contributed by atoms with Crippen molar-refractivity contribution in [3.8, 4) is 5.75 Å². The second-order valence-corrected chi connectivity index (χ2v) is 14.8. The SMILES string of the molecule is CN(CCCOc1ccccc1CN(c1cc(F)ccc1F)S(=O)(=O)c1ccc(Cl)cc1)C(=O)CCCC1SCC2NC(=O)NC21. The molecule has 0 spiro atoms. The van der Waals surface area contributed by atoms with Crippen LogP contribution in [0.4, 0.5) is 19.3 Å². The Morgan fingerprint density at radius 2 is 1.83 bits per heavy atom. The first-order valence-corrected chi connectivity index (χ1v) is 17.8. The largest absolute Gasteiger partial charge is 0.493 e. The Morgan fingerprint density at radius 1 is 1.07 bits per heavy atom. The molecule has 9 nitrogen and oxygen atoms in total. The molecule has 14 heteroatoms. The van der Waals surface area contributed by atoms with Gasteiger partial charge in [-0.05, 0) is 61.7 Å². The molecule has 246 valence electrons.